The first kappa shape index (κ1) is 13.1. The first-order chi connectivity index (χ1) is 9.72. The SMILES string of the molecule is O=C1CCc2cc(C(=O)NN3CCCCC3)ccc2N1. The van der Waals surface area contributed by atoms with E-state index >= 15 is 0 Å². The summed E-state index contributed by atoms with van der Waals surface area (Å²) in [6.07, 6.45) is 4.70. The molecule has 106 valence electrons. The fourth-order valence-corrected chi connectivity index (χ4v) is 2.74. The van der Waals surface area contributed by atoms with E-state index in [-0.39, 0.29) is 11.8 Å². The molecule has 20 heavy (non-hydrogen) atoms. The van der Waals surface area contributed by atoms with Gasteiger partial charge in [0.05, 0.1) is 0 Å². The van der Waals surface area contributed by atoms with E-state index in [0.29, 0.717) is 18.4 Å². The molecular formula is C15H19N3O2. The number of nitrogens with zero attached hydrogens (tertiary/aromatic N) is 1. The molecule has 1 fully saturated rings. The average molecular weight is 273 g/mol. The van der Waals surface area contributed by atoms with Crippen LogP contribution in [0.4, 0.5) is 5.69 Å². The summed E-state index contributed by atoms with van der Waals surface area (Å²) in [5.74, 6) is -0.0189. The number of anilines is 1. The predicted octanol–water partition coefficient (Wildman–Crippen LogP) is 1.70. The summed E-state index contributed by atoms with van der Waals surface area (Å²) in [6, 6.07) is 5.47. The maximum atomic E-state index is 12.2. The molecule has 1 aromatic carbocycles. The fourth-order valence-electron chi connectivity index (χ4n) is 2.74. The van der Waals surface area contributed by atoms with E-state index in [1.807, 2.05) is 17.1 Å². The van der Waals surface area contributed by atoms with Crippen molar-refractivity contribution in [3.05, 3.63) is 29.3 Å². The van der Waals surface area contributed by atoms with Crippen LogP contribution in [0.1, 0.15) is 41.6 Å². The minimum absolute atomic E-state index is 0.0445. The van der Waals surface area contributed by atoms with Gasteiger partial charge in [-0.2, -0.15) is 0 Å². The van der Waals surface area contributed by atoms with E-state index in [1.165, 1.54) is 6.42 Å². The lowest BCUT2D eigenvalue weighted by Gasteiger charge is -2.27. The van der Waals surface area contributed by atoms with E-state index < -0.39 is 0 Å². The van der Waals surface area contributed by atoms with Crippen LogP contribution in [0, 0.1) is 0 Å². The highest BCUT2D eigenvalue weighted by Crippen LogP contribution is 2.23. The van der Waals surface area contributed by atoms with Gasteiger partial charge in [-0.1, -0.05) is 6.42 Å². The number of nitrogens with one attached hydrogen (secondary N) is 2. The Balaban J connectivity index is 1.70. The summed E-state index contributed by atoms with van der Waals surface area (Å²) in [4.78, 5) is 23.5. The third-order valence-electron chi connectivity index (χ3n) is 3.88. The minimum Gasteiger partial charge on any atom is -0.326 e. The third-order valence-corrected chi connectivity index (χ3v) is 3.88. The number of piperidine rings is 1. The molecule has 2 amide bonds. The zero-order chi connectivity index (χ0) is 13.9. The van der Waals surface area contributed by atoms with Crippen LogP contribution >= 0.6 is 0 Å². The third kappa shape index (κ3) is 2.82. The second-order valence-corrected chi connectivity index (χ2v) is 5.41. The normalized spacial score (nSPS) is 19.1. The number of hydrogen-bond donors (Lipinski definition) is 2. The summed E-state index contributed by atoms with van der Waals surface area (Å²) in [5, 5.41) is 4.82. The average Bonchev–Trinajstić information content (AvgIpc) is 2.47. The molecule has 3 rings (SSSR count). The summed E-state index contributed by atoms with van der Waals surface area (Å²) in [5.41, 5.74) is 5.48. The Hall–Kier alpha value is -1.88. The molecule has 2 N–H and O–H groups in total. The molecule has 0 aliphatic carbocycles. The molecule has 0 spiro atoms. The van der Waals surface area contributed by atoms with Crippen molar-refractivity contribution in [2.75, 3.05) is 18.4 Å². The van der Waals surface area contributed by atoms with Crippen LogP contribution in [-0.4, -0.2) is 29.9 Å². The van der Waals surface area contributed by atoms with Crippen molar-refractivity contribution in [1.29, 1.82) is 0 Å². The van der Waals surface area contributed by atoms with Gasteiger partial charge in [0.25, 0.3) is 5.91 Å². The number of carbonyl (C=O) groups is 2. The molecule has 0 aromatic heterocycles. The number of carbonyl (C=O) groups excluding carboxylic acids is 2. The molecule has 1 aromatic rings. The fraction of sp³-hybridized carbons (Fsp3) is 0.467. The Morgan fingerprint density at radius 3 is 2.75 bits per heavy atom. The standard InChI is InChI=1S/C15H19N3O2/c19-14-7-5-11-10-12(4-6-13(11)16-14)15(20)17-18-8-2-1-3-9-18/h4,6,10H,1-3,5,7-9H2,(H,16,19)(H,17,20). The van der Waals surface area contributed by atoms with Crippen molar-refractivity contribution < 1.29 is 9.59 Å². The molecule has 0 bridgehead atoms. The van der Waals surface area contributed by atoms with Crippen molar-refractivity contribution in [2.24, 2.45) is 0 Å². The van der Waals surface area contributed by atoms with Gasteiger partial charge in [0.15, 0.2) is 0 Å². The molecule has 0 radical (unpaired) electrons. The van der Waals surface area contributed by atoms with Gasteiger partial charge >= 0.3 is 0 Å². The Kier molecular flexibility index (Phi) is 3.69. The van der Waals surface area contributed by atoms with Crippen molar-refractivity contribution >= 4 is 17.5 Å². The largest absolute Gasteiger partial charge is 0.326 e. The smallest absolute Gasteiger partial charge is 0.265 e. The van der Waals surface area contributed by atoms with Gasteiger partial charge in [-0.15, -0.1) is 0 Å². The van der Waals surface area contributed by atoms with E-state index in [4.69, 9.17) is 0 Å². The van der Waals surface area contributed by atoms with Crippen LogP contribution in [0.3, 0.4) is 0 Å². The number of aryl methyl sites for hydroxylation is 1. The molecule has 2 aliphatic heterocycles. The molecule has 5 nitrogen and oxygen atoms in total. The molecule has 0 saturated carbocycles. The maximum Gasteiger partial charge on any atom is 0.265 e. The van der Waals surface area contributed by atoms with Crippen LogP contribution in [-0.2, 0) is 11.2 Å². The molecule has 1 saturated heterocycles. The first-order valence-electron chi connectivity index (χ1n) is 7.21. The van der Waals surface area contributed by atoms with Gasteiger partial charge in [-0.25, -0.2) is 5.01 Å². The number of hydrazine groups is 1. The lowest BCUT2D eigenvalue weighted by molar-refractivity contribution is -0.116. The summed E-state index contributed by atoms with van der Waals surface area (Å²) >= 11 is 0. The maximum absolute atomic E-state index is 12.2. The van der Waals surface area contributed by atoms with Gasteiger partial charge in [-0.05, 0) is 43.0 Å². The highest BCUT2D eigenvalue weighted by atomic mass is 16.2. The molecule has 5 heteroatoms. The van der Waals surface area contributed by atoms with Crippen molar-refractivity contribution in [2.45, 2.75) is 32.1 Å². The van der Waals surface area contributed by atoms with Gasteiger partial charge in [0, 0.05) is 30.8 Å². The first-order valence-corrected chi connectivity index (χ1v) is 7.21. The molecule has 2 heterocycles. The predicted molar refractivity (Wildman–Crippen MR) is 76.3 cm³/mol. The lowest BCUT2D eigenvalue weighted by atomic mass is 10.0. The molecule has 2 aliphatic rings. The van der Waals surface area contributed by atoms with E-state index in [2.05, 4.69) is 10.7 Å². The van der Waals surface area contributed by atoms with Gasteiger partial charge < -0.3 is 5.32 Å². The van der Waals surface area contributed by atoms with E-state index in [0.717, 1.165) is 37.2 Å². The highest BCUT2D eigenvalue weighted by Gasteiger charge is 2.18. The van der Waals surface area contributed by atoms with Crippen LogP contribution in [0.2, 0.25) is 0 Å². The second-order valence-electron chi connectivity index (χ2n) is 5.41. The molecule has 0 unspecified atom stereocenters. The summed E-state index contributed by atoms with van der Waals surface area (Å²) in [6.45, 7) is 1.85. The summed E-state index contributed by atoms with van der Waals surface area (Å²) in [7, 11) is 0. The van der Waals surface area contributed by atoms with Crippen LogP contribution in [0.25, 0.3) is 0 Å². The van der Waals surface area contributed by atoms with Gasteiger partial charge in [-0.3, -0.25) is 15.0 Å². The Bertz CT molecular complexity index is 536. The zero-order valence-corrected chi connectivity index (χ0v) is 11.4. The number of fused-ring (bicyclic) bond motifs is 1. The Morgan fingerprint density at radius 1 is 1.15 bits per heavy atom. The van der Waals surface area contributed by atoms with Gasteiger partial charge in [0.1, 0.15) is 0 Å². The molecule has 0 atom stereocenters. The Morgan fingerprint density at radius 2 is 1.95 bits per heavy atom. The van der Waals surface area contributed by atoms with Crippen LogP contribution in [0.5, 0.6) is 0 Å². The van der Waals surface area contributed by atoms with Crippen molar-refractivity contribution in [1.82, 2.24) is 10.4 Å². The lowest BCUT2D eigenvalue weighted by Crippen LogP contribution is -2.45. The summed E-state index contributed by atoms with van der Waals surface area (Å²) < 4.78 is 0. The van der Waals surface area contributed by atoms with Crippen LogP contribution < -0.4 is 10.7 Å². The van der Waals surface area contributed by atoms with Crippen molar-refractivity contribution in [3.63, 3.8) is 0 Å². The minimum atomic E-state index is -0.0633. The Labute approximate surface area is 118 Å². The van der Waals surface area contributed by atoms with Gasteiger partial charge in [0.2, 0.25) is 5.91 Å². The zero-order valence-electron chi connectivity index (χ0n) is 11.4. The quantitative estimate of drug-likeness (QED) is 0.862. The van der Waals surface area contributed by atoms with E-state index in [9.17, 15) is 9.59 Å². The second kappa shape index (κ2) is 5.63. The number of rotatable bonds is 2. The molecular weight excluding hydrogens is 254 g/mol. The van der Waals surface area contributed by atoms with E-state index in [1.54, 1.807) is 6.07 Å². The van der Waals surface area contributed by atoms with Crippen LogP contribution in [0.15, 0.2) is 18.2 Å². The number of amides is 2. The topological polar surface area (TPSA) is 61.4 Å². The highest BCUT2D eigenvalue weighted by molar-refractivity contribution is 5.97. The van der Waals surface area contributed by atoms with Crippen molar-refractivity contribution in [3.8, 4) is 0 Å². The number of benzene rings is 1. The monoisotopic (exact) mass is 273 g/mol. The number of hydrogen-bond acceptors (Lipinski definition) is 3.